The zero-order valence-corrected chi connectivity index (χ0v) is 25.9. The van der Waals surface area contributed by atoms with E-state index in [1.807, 2.05) is 13.0 Å². The van der Waals surface area contributed by atoms with E-state index in [0.717, 1.165) is 44.1 Å². The van der Waals surface area contributed by atoms with E-state index in [9.17, 15) is 15.0 Å². The number of carbonyl (C=O) groups excluding carboxylic acids is 1. The van der Waals surface area contributed by atoms with Gasteiger partial charge in [-0.15, -0.1) is 0 Å². The van der Waals surface area contributed by atoms with Gasteiger partial charge in [-0.3, -0.25) is 0 Å². The van der Waals surface area contributed by atoms with Crippen LogP contribution >= 0.6 is 0 Å². The molecular formula is C35H64O4. The maximum Gasteiger partial charge on any atom is 0.334 e. The highest BCUT2D eigenvalue weighted by atomic mass is 16.5. The number of cyclic esters (lactones) is 1. The quantitative estimate of drug-likeness (QED) is 0.0580. The van der Waals surface area contributed by atoms with Crippen LogP contribution in [-0.4, -0.2) is 34.5 Å². The van der Waals surface area contributed by atoms with E-state index in [0.29, 0.717) is 12.8 Å². The number of esters is 1. The second-order valence-corrected chi connectivity index (χ2v) is 12.0. The SMILES string of the molecule is CCCCCCCCCCCCC=CCCC(O)C(O)CCCCCCCCCCCCC1=CC(C)OC1=O. The van der Waals surface area contributed by atoms with Crippen molar-refractivity contribution in [2.75, 3.05) is 0 Å². The van der Waals surface area contributed by atoms with Crippen molar-refractivity contribution in [3.63, 3.8) is 0 Å². The second-order valence-electron chi connectivity index (χ2n) is 12.0. The molecule has 1 aliphatic rings. The van der Waals surface area contributed by atoms with Gasteiger partial charge in [-0.05, 0) is 57.9 Å². The number of aliphatic hydroxyl groups is 2. The topological polar surface area (TPSA) is 66.8 Å². The first-order valence-electron chi connectivity index (χ1n) is 17.0. The number of hydrogen-bond acceptors (Lipinski definition) is 4. The number of rotatable bonds is 28. The third-order valence-electron chi connectivity index (χ3n) is 8.15. The van der Waals surface area contributed by atoms with E-state index in [1.165, 1.54) is 109 Å². The Kier molecular flexibility index (Phi) is 23.8. The number of unbranched alkanes of at least 4 members (excludes halogenated alkanes) is 19. The van der Waals surface area contributed by atoms with E-state index in [4.69, 9.17) is 4.74 Å². The molecule has 0 aromatic rings. The summed E-state index contributed by atoms with van der Waals surface area (Å²) in [5.74, 6) is -0.119. The van der Waals surface area contributed by atoms with Crippen LogP contribution in [0.5, 0.6) is 0 Å². The van der Waals surface area contributed by atoms with Crippen molar-refractivity contribution in [1.82, 2.24) is 0 Å². The fourth-order valence-electron chi connectivity index (χ4n) is 5.54. The minimum Gasteiger partial charge on any atom is -0.455 e. The molecule has 0 saturated heterocycles. The van der Waals surface area contributed by atoms with E-state index < -0.39 is 12.2 Å². The minimum atomic E-state index is -0.592. The van der Waals surface area contributed by atoms with Gasteiger partial charge < -0.3 is 14.9 Å². The van der Waals surface area contributed by atoms with Crippen molar-refractivity contribution in [3.05, 3.63) is 23.8 Å². The average molecular weight is 549 g/mol. The van der Waals surface area contributed by atoms with E-state index in [1.54, 1.807) is 0 Å². The summed E-state index contributed by atoms with van der Waals surface area (Å²) in [6, 6.07) is 0. The first-order chi connectivity index (χ1) is 19.0. The van der Waals surface area contributed by atoms with Gasteiger partial charge in [0.2, 0.25) is 0 Å². The van der Waals surface area contributed by atoms with Crippen molar-refractivity contribution in [1.29, 1.82) is 0 Å². The Hall–Kier alpha value is -1.13. The molecule has 3 unspecified atom stereocenters. The summed E-state index contributed by atoms with van der Waals surface area (Å²) in [4.78, 5) is 11.6. The Labute approximate surface area is 242 Å². The molecule has 2 N–H and O–H groups in total. The third-order valence-corrected chi connectivity index (χ3v) is 8.15. The van der Waals surface area contributed by atoms with Crippen molar-refractivity contribution < 1.29 is 19.7 Å². The van der Waals surface area contributed by atoms with Gasteiger partial charge in [0.15, 0.2) is 0 Å². The van der Waals surface area contributed by atoms with Crippen LogP contribution in [0, 0.1) is 0 Å². The van der Waals surface area contributed by atoms with Crippen LogP contribution in [0.4, 0.5) is 0 Å². The molecule has 0 fully saturated rings. The van der Waals surface area contributed by atoms with Crippen LogP contribution in [0.1, 0.15) is 174 Å². The zero-order chi connectivity index (χ0) is 28.4. The molecule has 1 aliphatic heterocycles. The molecule has 228 valence electrons. The van der Waals surface area contributed by atoms with Crippen LogP contribution in [-0.2, 0) is 9.53 Å². The molecule has 0 spiro atoms. The van der Waals surface area contributed by atoms with Crippen molar-refractivity contribution in [2.45, 2.75) is 193 Å². The summed E-state index contributed by atoms with van der Waals surface area (Å²) >= 11 is 0. The monoisotopic (exact) mass is 548 g/mol. The standard InChI is InChI=1S/C35H64O4/c1-3-4-5-6-7-8-9-10-11-12-16-19-22-25-28-33(36)34(37)29-26-23-20-17-14-13-15-18-21-24-27-32-30-31(2)39-35(32)38/h19,22,30-31,33-34,36-37H,3-18,20-21,23-29H2,1-2H3. The van der Waals surface area contributed by atoms with Gasteiger partial charge in [-0.1, -0.05) is 135 Å². The lowest BCUT2D eigenvalue weighted by Gasteiger charge is -2.17. The summed E-state index contributed by atoms with van der Waals surface area (Å²) < 4.78 is 5.14. The van der Waals surface area contributed by atoms with Gasteiger partial charge >= 0.3 is 5.97 Å². The molecule has 0 aliphatic carbocycles. The van der Waals surface area contributed by atoms with Crippen LogP contribution in [0.25, 0.3) is 0 Å². The lowest BCUT2D eigenvalue weighted by Crippen LogP contribution is -2.25. The molecule has 0 saturated carbocycles. The molecule has 0 radical (unpaired) electrons. The smallest absolute Gasteiger partial charge is 0.334 e. The van der Waals surface area contributed by atoms with E-state index in [-0.39, 0.29) is 12.1 Å². The van der Waals surface area contributed by atoms with Crippen LogP contribution in [0.15, 0.2) is 23.8 Å². The first kappa shape index (κ1) is 35.9. The van der Waals surface area contributed by atoms with E-state index >= 15 is 0 Å². The molecular weight excluding hydrogens is 484 g/mol. The highest BCUT2D eigenvalue weighted by Crippen LogP contribution is 2.20. The number of aliphatic hydroxyl groups excluding tert-OH is 2. The van der Waals surface area contributed by atoms with Gasteiger partial charge in [0.25, 0.3) is 0 Å². The largest absolute Gasteiger partial charge is 0.455 e. The highest BCUT2D eigenvalue weighted by molar-refractivity contribution is 5.90. The molecule has 0 aromatic heterocycles. The van der Waals surface area contributed by atoms with Gasteiger partial charge in [-0.25, -0.2) is 4.79 Å². The molecule has 39 heavy (non-hydrogen) atoms. The summed E-state index contributed by atoms with van der Waals surface area (Å²) in [6.45, 7) is 4.19. The van der Waals surface area contributed by atoms with Crippen molar-refractivity contribution in [3.8, 4) is 0 Å². The molecule has 4 heteroatoms. The van der Waals surface area contributed by atoms with E-state index in [2.05, 4.69) is 19.1 Å². The second kappa shape index (κ2) is 25.8. The summed E-state index contributed by atoms with van der Waals surface area (Å²) in [7, 11) is 0. The molecule has 0 aromatic carbocycles. The van der Waals surface area contributed by atoms with Gasteiger partial charge in [-0.2, -0.15) is 0 Å². The van der Waals surface area contributed by atoms with Gasteiger partial charge in [0.05, 0.1) is 12.2 Å². The lowest BCUT2D eigenvalue weighted by atomic mass is 10.0. The fourth-order valence-corrected chi connectivity index (χ4v) is 5.54. The average Bonchev–Trinajstić information content (AvgIpc) is 3.25. The Balaban J connectivity index is 1.81. The molecule has 1 heterocycles. The summed E-state index contributed by atoms with van der Waals surface area (Å²) in [5.41, 5.74) is 0.867. The van der Waals surface area contributed by atoms with Crippen molar-refractivity contribution in [2.24, 2.45) is 0 Å². The maximum atomic E-state index is 11.6. The zero-order valence-electron chi connectivity index (χ0n) is 25.9. The summed E-state index contributed by atoms with van der Waals surface area (Å²) in [5, 5.41) is 20.5. The van der Waals surface area contributed by atoms with Crippen molar-refractivity contribution >= 4 is 5.97 Å². The Morgan fingerprint density at radius 3 is 1.67 bits per heavy atom. The number of ether oxygens (including phenoxy) is 1. The maximum absolute atomic E-state index is 11.6. The predicted molar refractivity (Wildman–Crippen MR) is 166 cm³/mol. The molecule has 0 amide bonds. The van der Waals surface area contributed by atoms with Crippen LogP contribution in [0.3, 0.4) is 0 Å². The Morgan fingerprint density at radius 2 is 1.13 bits per heavy atom. The van der Waals surface area contributed by atoms with Crippen LogP contribution in [0.2, 0.25) is 0 Å². The van der Waals surface area contributed by atoms with Gasteiger partial charge in [0.1, 0.15) is 6.10 Å². The number of hydrogen-bond donors (Lipinski definition) is 2. The first-order valence-corrected chi connectivity index (χ1v) is 17.0. The minimum absolute atomic E-state index is 0.0444. The lowest BCUT2D eigenvalue weighted by molar-refractivity contribution is -0.139. The highest BCUT2D eigenvalue weighted by Gasteiger charge is 2.21. The molecule has 3 atom stereocenters. The molecule has 1 rings (SSSR count). The predicted octanol–water partition coefficient (Wildman–Crippen LogP) is 9.91. The third kappa shape index (κ3) is 21.3. The summed E-state index contributed by atoms with van der Waals surface area (Å²) in [6.07, 6.45) is 35.2. The molecule has 4 nitrogen and oxygen atoms in total. The Bertz CT molecular complexity index is 626. The fraction of sp³-hybridized carbons (Fsp3) is 0.857. The molecule has 0 bridgehead atoms. The number of allylic oxidation sites excluding steroid dienone is 2. The Morgan fingerprint density at radius 1 is 0.667 bits per heavy atom. The number of carbonyl (C=O) groups is 1. The normalized spacial score (nSPS) is 17.1. The van der Waals surface area contributed by atoms with Crippen LogP contribution < -0.4 is 0 Å². The van der Waals surface area contributed by atoms with Gasteiger partial charge in [0, 0.05) is 5.57 Å².